The summed E-state index contributed by atoms with van der Waals surface area (Å²) in [6.45, 7) is 3.33. The summed E-state index contributed by atoms with van der Waals surface area (Å²) in [4.78, 5) is 1.37. The molecule has 1 nitrogen and oxygen atoms in total. The molecule has 1 heterocycles. The predicted octanol–water partition coefficient (Wildman–Crippen LogP) is 5.16. The van der Waals surface area contributed by atoms with Crippen LogP contribution >= 0.6 is 27.3 Å². The third-order valence-electron chi connectivity index (χ3n) is 3.77. The van der Waals surface area contributed by atoms with Gasteiger partial charge < -0.3 is 5.32 Å². The van der Waals surface area contributed by atoms with E-state index in [0.717, 1.165) is 6.54 Å². The SMILES string of the molecule is CCCNC1CCc2c(-c3sccc3Br)cccc21. The predicted molar refractivity (Wildman–Crippen MR) is 86.8 cm³/mol. The Hall–Kier alpha value is -0.640. The van der Waals surface area contributed by atoms with Gasteiger partial charge >= 0.3 is 0 Å². The minimum atomic E-state index is 0.550. The lowest BCUT2D eigenvalue weighted by atomic mass is 10.0. The van der Waals surface area contributed by atoms with Crippen molar-refractivity contribution >= 4 is 27.3 Å². The molecule has 1 aromatic heterocycles. The molecule has 0 aliphatic heterocycles. The molecule has 0 fully saturated rings. The maximum Gasteiger partial charge on any atom is 0.0487 e. The van der Waals surface area contributed by atoms with Crippen LogP contribution in [0.25, 0.3) is 10.4 Å². The Bertz CT molecular complexity index is 576. The number of rotatable bonds is 4. The highest BCUT2D eigenvalue weighted by molar-refractivity contribution is 9.10. The average Bonchev–Trinajstić information content (AvgIpc) is 3.02. The normalized spacial score (nSPS) is 17.7. The molecule has 0 radical (unpaired) electrons. The molecule has 3 heteroatoms. The molecule has 100 valence electrons. The Morgan fingerprint density at radius 3 is 3.00 bits per heavy atom. The fourth-order valence-electron chi connectivity index (χ4n) is 2.88. The molecule has 0 bridgehead atoms. The summed E-state index contributed by atoms with van der Waals surface area (Å²) in [7, 11) is 0. The van der Waals surface area contributed by atoms with Crippen molar-refractivity contribution in [3.8, 4) is 10.4 Å². The van der Waals surface area contributed by atoms with E-state index in [2.05, 4.69) is 57.8 Å². The van der Waals surface area contributed by atoms with Gasteiger partial charge in [0.1, 0.15) is 0 Å². The maximum absolute atomic E-state index is 3.67. The van der Waals surface area contributed by atoms with Crippen molar-refractivity contribution < 1.29 is 0 Å². The zero-order chi connectivity index (χ0) is 13.2. The van der Waals surface area contributed by atoms with E-state index in [-0.39, 0.29) is 0 Å². The second kappa shape index (κ2) is 5.78. The van der Waals surface area contributed by atoms with E-state index >= 15 is 0 Å². The van der Waals surface area contributed by atoms with Crippen molar-refractivity contribution in [2.75, 3.05) is 6.54 Å². The standard InChI is InChI=1S/C16H18BrNS/c1-2-9-18-15-7-6-11-12(15)4-3-5-13(11)16-14(17)8-10-19-16/h3-5,8,10,15,18H,2,6-7,9H2,1H3. The number of fused-ring (bicyclic) bond motifs is 1. The fourth-order valence-corrected chi connectivity index (χ4v) is 4.52. The van der Waals surface area contributed by atoms with E-state index < -0.39 is 0 Å². The molecular weight excluding hydrogens is 318 g/mol. The lowest BCUT2D eigenvalue weighted by Crippen LogP contribution is -2.19. The van der Waals surface area contributed by atoms with Crippen molar-refractivity contribution in [3.05, 3.63) is 45.2 Å². The summed E-state index contributed by atoms with van der Waals surface area (Å²) < 4.78 is 1.22. The van der Waals surface area contributed by atoms with Crippen molar-refractivity contribution in [1.82, 2.24) is 5.32 Å². The zero-order valence-electron chi connectivity index (χ0n) is 11.1. The molecule has 0 spiro atoms. The molecule has 0 saturated carbocycles. The van der Waals surface area contributed by atoms with Gasteiger partial charge in [0.05, 0.1) is 0 Å². The average molecular weight is 336 g/mol. The zero-order valence-corrected chi connectivity index (χ0v) is 13.5. The van der Waals surface area contributed by atoms with Crippen LogP contribution in [0, 0.1) is 0 Å². The molecule has 1 unspecified atom stereocenters. The van der Waals surface area contributed by atoms with Gasteiger partial charge in [-0.15, -0.1) is 11.3 Å². The molecule has 1 N–H and O–H groups in total. The number of nitrogens with one attached hydrogen (secondary N) is 1. The van der Waals surface area contributed by atoms with Gasteiger partial charge in [-0.3, -0.25) is 0 Å². The van der Waals surface area contributed by atoms with Crippen LogP contribution in [0.5, 0.6) is 0 Å². The van der Waals surface area contributed by atoms with Crippen LogP contribution in [0.2, 0.25) is 0 Å². The summed E-state index contributed by atoms with van der Waals surface area (Å²) in [5, 5.41) is 5.82. The van der Waals surface area contributed by atoms with Crippen LogP contribution in [-0.2, 0) is 6.42 Å². The Morgan fingerprint density at radius 1 is 1.37 bits per heavy atom. The van der Waals surface area contributed by atoms with Crippen LogP contribution in [0.4, 0.5) is 0 Å². The van der Waals surface area contributed by atoms with Crippen molar-refractivity contribution in [3.63, 3.8) is 0 Å². The summed E-state index contributed by atoms with van der Waals surface area (Å²) in [6.07, 6.45) is 3.62. The van der Waals surface area contributed by atoms with Crippen LogP contribution < -0.4 is 5.32 Å². The Labute approximate surface area is 127 Å². The molecule has 1 aromatic carbocycles. The highest BCUT2D eigenvalue weighted by atomic mass is 79.9. The van der Waals surface area contributed by atoms with Gasteiger partial charge in [-0.2, -0.15) is 0 Å². The van der Waals surface area contributed by atoms with Gasteiger partial charge in [-0.25, -0.2) is 0 Å². The smallest absolute Gasteiger partial charge is 0.0487 e. The first-order chi connectivity index (χ1) is 9.31. The Balaban J connectivity index is 1.98. The quantitative estimate of drug-likeness (QED) is 0.813. The Kier molecular flexibility index (Phi) is 4.06. The minimum absolute atomic E-state index is 0.550. The first-order valence-electron chi connectivity index (χ1n) is 6.89. The number of hydrogen-bond acceptors (Lipinski definition) is 2. The van der Waals surface area contributed by atoms with E-state index in [9.17, 15) is 0 Å². The number of halogens is 1. The molecular formula is C16H18BrNS. The summed E-state index contributed by atoms with van der Waals surface area (Å²) in [5.74, 6) is 0. The molecule has 19 heavy (non-hydrogen) atoms. The minimum Gasteiger partial charge on any atom is -0.310 e. The van der Waals surface area contributed by atoms with E-state index in [0.29, 0.717) is 6.04 Å². The monoisotopic (exact) mass is 335 g/mol. The van der Waals surface area contributed by atoms with E-state index in [1.54, 1.807) is 5.56 Å². The first-order valence-corrected chi connectivity index (χ1v) is 8.57. The number of thiophene rings is 1. The van der Waals surface area contributed by atoms with Gasteiger partial charge in [-0.1, -0.05) is 25.1 Å². The molecule has 1 atom stereocenters. The second-order valence-corrected chi connectivity index (χ2v) is 6.79. The topological polar surface area (TPSA) is 12.0 Å². The molecule has 2 aromatic rings. The van der Waals surface area contributed by atoms with Gasteiger partial charge in [0.2, 0.25) is 0 Å². The van der Waals surface area contributed by atoms with E-state index in [1.807, 2.05) is 11.3 Å². The molecule has 3 rings (SSSR count). The molecule has 0 saturated heterocycles. The molecule has 0 amide bonds. The third-order valence-corrected chi connectivity index (χ3v) is 5.64. The maximum atomic E-state index is 3.67. The van der Waals surface area contributed by atoms with Crippen LogP contribution in [-0.4, -0.2) is 6.54 Å². The third kappa shape index (κ3) is 2.51. The summed E-state index contributed by atoms with van der Waals surface area (Å²) >= 11 is 5.48. The van der Waals surface area contributed by atoms with E-state index in [1.165, 1.54) is 39.7 Å². The lowest BCUT2D eigenvalue weighted by molar-refractivity contribution is 0.529. The fraction of sp³-hybridized carbons (Fsp3) is 0.375. The largest absolute Gasteiger partial charge is 0.310 e. The highest BCUT2D eigenvalue weighted by Crippen LogP contribution is 2.41. The van der Waals surface area contributed by atoms with Crippen LogP contribution in [0.3, 0.4) is 0 Å². The molecule has 1 aliphatic rings. The number of hydrogen-bond donors (Lipinski definition) is 1. The van der Waals surface area contributed by atoms with Crippen molar-refractivity contribution in [1.29, 1.82) is 0 Å². The first kappa shape index (κ1) is 13.3. The lowest BCUT2D eigenvalue weighted by Gasteiger charge is -2.14. The van der Waals surface area contributed by atoms with Gasteiger partial charge in [-0.05, 0) is 69.9 Å². The number of benzene rings is 1. The van der Waals surface area contributed by atoms with Crippen molar-refractivity contribution in [2.24, 2.45) is 0 Å². The van der Waals surface area contributed by atoms with Crippen LogP contribution in [0.1, 0.15) is 36.9 Å². The van der Waals surface area contributed by atoms with Gasteiger partial charge in [0.25, 0.3) is 0 Å². The summed E-state index contributed by atoms with van der Waals surface area (Å²) in [6, 6.07) is 9.44. The second-order valence-electron chi connectivity index (χ2n) is 5.02. The summed E-state index contributed by atoms with van der Waals surface area (Å²) in [5.41, 5.74) is 4.46. The molecule has 1 aliphatic carbocycles. The van der Waals surface area contributed by atoms with Crippen molar-refractivity contribution in [2.45, 2.75) is 32.2 Å². The van der Waals surface area contributed by atoms with Gasteiger partial charge in [0.15, 0.2) is 0 Å². The highest BCUT2D eigenvalue weighted by Gasteiger charge is 2.24. The van der Waals surface area contributed by atoms with Crippen LogP contribution in [0.15, 0.2) is 34.1 Å². The van der Waals surface area contributed by atoms with E-state index in [4.69, 9.17) is 0 Å². The Morgan fingerprint density at radius 2 is 2.26 bits per heavy atom. The van der Waals surface area contributed by atoms with Gasteiger partial charge in [0, 0.05) is 15.4 Å².